The first-order valence-corrected chi connectivity index (χ1v) is 6.82. The molecular weight excluding hydrogens is 288 g/mol. The summed E-state index contributed by atoms with van der Waals surface area (Å²) in [6.07, 6.45) is 1.08. The lowest BCUT2D eigenvalue weighted by Crippen LogP contribution is -2.11. The van der Waals surface area contributed by atoms with Gasteiger partial charge in [-0.1, -0.05) is 19.1 Å². The molecular formula is C15H16N2O5. The van der Waals surface area contributed by atoms with E-state index in [1.54, 1.807) is 26.0 Å². The molecule has 0 bridgehead atoms. The van der Waals surface area contributed by atoms with Gasteiger partial charge in [-0.3, -0.25) is 10.1 Å². The summed E-state index contributed by atoms with van der Waals surface area (Å²) in [6.45, 7) is 5.14. The SMILES string of the molecule is CCc1ocnc1C(=O)OC(C)c1ccc(C)c([N+](=O)[O-])c1. The van der Waals surface area contributed by atoms with Crippen molar-refractivity contribution in [1.82, 2.24) is 4.98 Å². The average molecular weight is 304 g/mol. The van der Waals surface area contributed by atoms with Gasteiger partial charge in [0, 0.05) is 18.1 Å². The third-order valence-corrected chi connectivity index (χ3v) is 3.34. The molecule has 0 aliphatic carbocycles. The molecule has 7 nitrogen and oxygen atoms in total. The lowest BCUT2D eigenvalue weighted by Gasteiger charge is -2.13. The highest BCUT2D eigenvalue weighted by Gasteiger charge is 2.21. The molecule has 1 heterocycles. The molecule has 1 aromatic carbocycles. The van der Waals surface area contributed by atoms with Gasteiger partial charge < -0.3 is 9.15 Å². The van der Waals surface area contributed by atoms with E-state index in [0.29, 0.717) is 23.3 Å². The molecule has 0 amide bonds. The van der Waals surface area contributed by atoms with Gasteiger partial charge in [-0.2, -0.15) is 0 Å². The number of nitro groups is 1. The van der Waals surface area contributed by atoms with Gasteiger partial charge in [0.05, 0.1) is 4.92 Å². The molecule has 0 saturated carbocycles. The van der Waals surface area contributed by atoms with Crippen molar-refractivity contribution in [1.29, 1.82) is 0 Å². The minimum absolute atomic E-state index is 0.00363. The van der Waals surface area contributed by atoms with E-state index in [9.17, 15) is 14.9 Å². The van der Waals surface area contributed by atoms with Crippen LogP contribution in [-0.2, 0) is 11.2 Å². The van der Waals surface area contributed by atoms with Crippen LogP contribution in [0.3, 0.4) is 0 Å². The van der Waals surface area contributed by atoms with Gasteiger partial charge in [-0.15, -0.1) is 0 Å². The molecule has 116 valence electrons. The predicted molar refractivity (Wildman–Crippen MR) is 77.5 cm³/mol. The van der Waals surface area contributed by atoms with Crippen LogP contribution in [0.25, 0.3) is 0 Å². The molecule has 0 saturated heterocycles. The van der Waals surface area contributed by atoms with Crippen LogP contribution in [-0.4, -0.2) is 15.9 Å². The summed E-state index contributed by atoms with van der Waals surface area (Å²) in [5.74, 6) is -0.159. The highest BCUT2D eigenvalue weighted by Crippen LogP contribution is 2.26. The van der Waals surface area contributed by atoms with Crippen molar-refractivity contribution in [2.75, 3.05) is 0 Å². The van der Waals surface area contributed by atoms with Crippen LogP contribution >= 0.6 is 0 Å². The first-order valence-electron chi connectivity index (χ1n) is 6.82. The Balaban J connectivity index is 2.19. The van der Waals surface area contributed by atoms with Crippen LogP contribution in [0.4, 0.5) is 5.69 Å². The lowest BCUT2D eigenvalue weighted by atomic mass is 10.1. The molecule has 7 heteroatoms. The number of benzene rings is 1. The number of oxazole rings is 1. The number of nitro benzene ring substituents is 1. The van der Waals surface area contributed by atoms with Crippen molar-refractivity contribution in [3.05, 3.63) is 57.3 Å². The summed E-state index contributed by atoms with van der Waals surface area (Å²) in [5.41, 5.74) is 1.23. The number of hydrogen-bond acceptors (Lipinski definition) is 6. The number of carbonyl (C=O) groups excluding carboxylic acids is 1. The van der Waals surface area contributed by atoms with Crippen LogP contribution in [0.1, 0.15) is 47.3 Å². The van der Waals surface area contributed by atoms with Gasteiger partial charge in [0.15, 0.2) is 12.1 Å². The maximum atomic E-state index is 12.1. The van der Waals surface area contributed by atoms with E-state index in [4.69, 9.17) is 9.15 Å². The van der Waals surface area contributed by atoms with Gasteiger partial charge >= 0.3 is 5.97 Å². The summed E-state index contributed by atoms with van der Waals surface area (Å²) in [5, 5.41) is 11.0. The molecule has 0 N–H and O–H groups in total. The van der Waals surface area contributed by atoms with Crippen LogP contribution < -0.4 is 0 Å². The minimum atomic E-state index is -0.631. The van der Waals surface area contributed by atoms with Crippen molar-refractivity contribution in [3.8, 4) is 0 Å². The second kappa shape index (κ2) is 6.38. The monoisotopic (exact) mass is 304 g/mol. The molecule has 2 rings (SSSR count). The fourth-order valence-corrected chi connectivity index (χ4v) is 2.05. The average Bonchev–Trinajstić information content (AvgIpc) is 2.95. The summed E-state index contributed by atoms with van der Waals surface area (Å²) < 4.78 is 10.4. The van der Waals surface area contributed by atoms with Gasteiger partial charge in [0.1, 0.15) is 11.9 Å². The molecule has 0 fully saturated rings. The normalized spacial score (nSPS) is 12.0. The number of aromatic nitrogens is 1. The van der Waals surface area contributed by atoms with E-state index in [0.717, 1.165) is 0 Å². The highest BCUT2D eigenvalue weighted by molar-refractivity contribution is 5.88. The molecule has 1 aromatic heterocycles. The highest BCUT2D eigenvalue weighted by atomic mass is 16.6. The molecule has 22 heavy (non-hydrogen) atoms. The summed E-state index contributed by atoms with van der Waals surface area (Å²) in [7, 11) is 0. The van der Waals surface area contributed by atoms with Crippen molar-refractivity contribution in [2.45, 2.75) is 33.3 Å². The molecule has 2 aromatic rings. The predicted octanol–water partition coefficient (Wildman–Crippen LogP) is 3.37. The standard InChI is InChI=1S/C15H16N2O5/c1-4-13-14(16-8-21-13)15(18)22-10(3)11-6-5-9(2)12(7-11)17(19)20/h5-8,10H,4H2,1-3H3. The minimum Gasteiger partial charge on any atom is -0.453 e. The Bertz CT molecular complexity index is 708. The third-order valence-electron chi connectivity index (χ3n) is 3.34. The fraction of sp³-hybridized carbons (Fsp3) is 0.333. The Labute approximate surface area is 127 Å². The van der Waals surface area contributed by atoms with E-state index in [2.05, 4.69) is 4.98 Å². The van der Waals surface area contributed by atoms with E-state index in [1.807, 2.05) is 6.92 Å². The summed E-state index contributed by atoms with van der Waals surface area (Å²) >= 11 is 0. The largest absolute Gasteiger partial charge is 0.453 e. The van der Waals surface area contributed by atoms with Gasteiger partial charge in [-0.25, -0.2) is 9.78 Å². The second-order valence-corrected chi connectivity index (χ2v) is 4.83. The quantitative estimate of drug-likeness (QED) is 0.477. The molecule has 1 atom stereocenters. The van der Waals surface area contributed by atoms with Crippen molar-refractivity contribution >= 4 is 11.7 Å². The number of nitrogens with zero attached hydrogens (tertiary/aromatic N) is 2. The first-order chi connectivity index (χ1) is 10.4. The van der Waals surface area contributed by atoms with Crippen molar-refractivity contribution < 1.29 is 18.9 Å². The van der Waals surface area contributed by atoms with Crippen LogP contribution in [0.5, 0.6) is 0 Å². The lowest BCUT2D eigenvalue weighted by molar-refractivity contribution is -0.385. The van der Waals surface area contributed by atoms with E-state index in [1.165, 1.54) is 12.5 Å². The summed E-state index contributed by atoms with van der Waals surface area (Å²) in [6, 6.07) is 4.74. The maximum Gasteiger partial charge on any atom is 0.361 e. The number of rotatable bonds is 5. The van der Waals surface area contributed by atoms with E-state index in [-0.39, 0.29) is 11.4 Å². The molecule has 0 aliphatic heterocycles. The second-order valence-electron chi connectivity index (χ2n) is 4.83. The van der Waals surface area contributed by atoms with Gasteiger partial charge in [0.25, 0.3) is 5.69 Å². The zero-order valence-corrected chi connectivity index (χ0v) is 12.5. The Hall–Kier alpha value is -2.70. The molecule has 0 aliphatic rings. The summed E-state index contributed by atoms with van der Waals surface area (Å²) in [4.78, 5) is 26.4. The molecule has 1 unspecified atom stereocenters. The Morgan fingerprint density at radius 2 is 2.23 bits per heavy atom. The van der Waals surface area contributed by atoms with E-state index >= 15 is 0 Å². The van der Waals surface area contributed by atoms with Crippen LogP contribution in [0.15, 0.2) is 29.0 Å². The van der Waals surface area contributed by atoms with Crippen molar-refractivity contribution in [2.24, 2.45) is 0 Å². The number of aryl methyl sites for hydroxylation is 2. The fourth-order valence-electron chi connectivity index (χ4n) is 2.05. The molecule has 0 radical (unpaired) electrons. The number of esters is 1. The van der Waals surface area contributed by atoms with Gasteiger partial charge in [0.2, 0.25) is 0 Å². The molecule has 0 spiro atoms. The Kier molecular flexibility index (Phi) is 4.55. The van der Waals surface area contributed by atoms with Crippen LogP contribution in [0, 0.1) is 17.0 Å². The smallest absolute Gasteiger partial charge is 0.361 e. The Morgan fingerprint density at radius 3 is 2.86 bits per heavy atom. The topological polar surface area (TPSA) is 95.5 Å². The number of ether oxygens (including phenoxy) is 1. The number of hydrogen-bond donors (Lipinski definition) is 0. The van der Waals surface area contributed by atoms with Gasteiger partial charge in [-0.05, 0) is 19.4 Å². The third kappa shape index (κ3) is 3.13. The zero-order chi connectivity index (χ0) is 16.3. The van der Waals surface area contributed by atoms with Crippen LogP contribution in [0.2, 0.25) is 0 Å². The first kappa shape index (κ1) is 15.7. The number of carbonyl (C=O) groups is 1. The maximum absolute atomic E-state index is 12.1. The zero-order valence-electron chi connectivity index (χ0n) is 12.5. The van der Waals surface area contributed by atoms with E-state index < -0.39 is 17.0 Å². The Morgan fingerprint density at radius 1 is 1.50 bits per heavy atom. The van der Waals surface area contributed by atoms with Crippen molar-refractivity contribution in [3.63, 3.8) is 0 Å².